The summed E-state index contributed by atoms with van der Waals surface area (Å²) in [4.78, 5) is 11.5. The Morgan fingerprint density at radius 2 is 1.75 bits per heavy atom. The van der Waals surface area contributed by atoms with E-state index in [1.54, 1.807) is 24.3 Å². The second-order valence-corrected chi connectivity index (χ2v) is 3.26. The summed E-state index contributed by atoms with van der Waals surface area (Å²) < 4.78 is 4.32. The maximum absolute atomic E-state index is 11.5. The standard InChI is InChI=1S/C11H9BO4/c13-11(16-12(14)15)10-7-3-5-8-4-1-2-6-9(8)10/h1-7,14-15H. The van der Waals surface area contributed by atoms with Crippen LogP contribution >= 0.6 is 0 Å². The van der Waals surface area contributed by atoms with Crippen LogP contribution in [-0.2, 0) is 4.65 Å². The number of hydrogen-bond donors (Lipinski definition) is 2. The fraction of sp³-hybridized carbons (Fsp3) is 0. The van der Waals surface area contributed by atoms with E-state index < -0.39 is 13.3 Å². The molecule has 0 aliphatic rings. The lowest BCUT2D eigenvalue weighted by molar-refractivity contribution is 0.0650. The Balaban J connectivity index is 2.48. The highest BCUT2D eigenvalue weighted by molar-refractivity contribution is 6.37. The van der Waals surface area contributed by atoms with E-state index in [0.29, 0.717) is 5.56 Å². The van der Waals surface area contributed by atoms with E-state index in [4.69, 9.17) is 10.0 Å². The lowest BCUT2D eigenvalue weighted by atomic mass is 10.0. The van der Waals surface area contributed by atoms with Crippen molar-refractivity contribution in [3.05, 3.63) is 48.0 Å². The van der Waals surface area contributed by atoms with Gasteiger partial charge >= 0.3 is 13.3 Å². The molecule has 4 nitrogen and oxygen atoms in total. The van der Waals surface area contributed by atoms with Crippen LogP contribution < -0.4 is 0 Å². The summed E-state index contributed by atoms with van der Waals surface area (Å²) in [5.74, 6) is -0.758. The van der Waals surface area contributed by atoms with Crippen LogP contribution in [-0.4, -0.2) is 23.3 Å². The van der Waals surface area contributed by atoms with Crippen LogP contribution in [0.15, 0.2) is 42.5 Å². The third-order valence-electron chi connectivity index (χ3n) is 2.22. The highest BCUT2D eigenvalue weighted by atomic mass is 16.6. The number of carbonyl (C=O) groups is 1. The quantitative estimate of drug-likeness (QED) is 0.733. The van der Waals surface area contributed by atoms with Crippen molar-refractivity contribution in [2.45, 2.75) is 0 Å². The highest BCUT2D eigenvalue weighted by Gasteiger charge is 2.18. The number of carbonyl (C=O) groups excluding carboxylic acids is 1. The highest BCUT2D eigenvalue weighted by Crippen LogP contribution is 2.19. The van der Waals surface area contributed by atoms with Gasteiger partial charge in [-0.25, -0.2) is 4.79 Å². The molecule has 0 amide bonds. The summed E-state index contributed by atoms with van der Waals surface area (Å²) in [7, 11) is -2.09. The molecule has 0 bridgehead atoms. The molecular weight excluding hydrogens is 207 g/mol. The Morgan fingerprint density at radius 1 is 1.06 bits per heavy atom. The SMILES string of the molecule is O=C(OB(O)O)c1cccc2ccccc12. The summed E-state index contributed by atoms with van der Waals surface area (Å²) in [5, 5.41) is 18.7. The van der Waals surface area contributed by atoms with Gasteiger partial charge in [0.25, 0.3) is 0 Å². The van der Waals surface area contributed by atoms with Gasteiger partial charge < -0.3 is 14.7 Å². The average Bonchev–Trinajstić information content (AvgIpc) is 2.27. The first-order chi connectivity index (χ1) is 7.68. The van der Waals surface area contributed by atoms with Crippen molar-refractivity contribution in [3.63, 3.8) is 0 Å². The first-order valence-electron chi connectivity index (χ1n) is 4.73. The fourth-order valence-electron chi connectivity index (χ4n) is 1.56. The number of fused-ring (bicyclic) bond motifs is 1. The second-order valence-electron chi connectivity index (χ2n) is 3.26. The number of benzene rings is 2. The van der Waals surface area contributed by atoms with E-state index >= 15 is 0 Å². The summed E-state index contributed by atoms with van der Waals surface area (Å²) in [6, 6.07) is 12.4. The van der Waals surface area contributed by atoms with Gasteiger partial charge in [-0.05, 0) is 16.8 Å². The maximum atomic E-state index is 11.5. The van der Waals surface area contributed by atoms with Crippen molar-refractivity contribution >= 4 is 24.1 Å². The van der Waals surface area contributed by atoms with E-state index in [1.807, 2.05) is 18.2 Å². The summed E-state index contributed by atoms with van der Waals surface area (Å²) >= 11 is 0. The minimum absolute atomic E-state index is 0.311. The average molecular weight is 216 g/mol. The van der Waals surface area contributed by atoms with E-state index in [9.17, 15) is 4.79 Å². The minimum atomic E-state index is -2.09. The molecule has 0 aliphatic heterocycles. The molecule has 2 aromatic carbocycles. The van der Waals surface area contributed by atoms with Gasteiger partial charge in [-0.2, -0.15) is 0 Å². The number of rotatable bonds is 2. The largest absolute Gasteiger partial charge is 0.709 e. The van der Waals surface area contributed by atoms with Gasteiger partial charge in [0.15, 0.2) is 0 Å². The van der Waals surface area contributed by atoms with E-state index in [2.05, 4.69) is 4.65 Å². The zero-order chi connectivity index (χ0) is 11.5. The monoisotopic (exact) mass is 216 g/mol. The first kappa shape index (κ1) is 10.7. The van der Waals surface area contributed by atoms with E-state index in [1.165, 1.54) is 0 Å². The zero-order valence-electron chi connectivity index (χ0n) is 8.33. The Kier molecular flexibility index (Phi) is 2.89. The fourth-order valence-corrected chi connectivity index (χ4v) is 1.56. The lowest BCUT2D eigenvalue weighted by Crippen LogP contribution is -2.22. The van der Waals surface area contributed by atoms with Gasteiger partial charge in [-0.15, -0.1) is 0 Å². The molecular formula is C11H9BO4. The van der Waals surface area contributed by atoms with Gasteiger partial charge in [0, 0.05) is 0 Å². The van der Waals surface area contributed by atoms with Crippen LogP contribution in [0.1, 0.15) is 10.4 Å². The molecule has 0 atom stereocenters. The van der Waals surface area contributed by atoms with Gasteiger partial charge in [0.1, 0.15) is 0 Å². The smallest absolute Gasteiger partial charge is 0.481 e. The third-order valence-corrected chi connectivity index (χ3v) is 2.22. The minimum Gasteiger partial charge on any atom is -0.481 e. The molecule has 5 heteroatoms. The Morgan fingerprint density at radius 3 is 2.50 bits per heavy atom. The molecule has 0 fully saturated rings. The van der Waals surface area contributed by atoms with Crippen molar-refractivity contribution in [2.24, 2.45) is 0 Å². The molecule has 0 aromatic heterocycles. The van der Waals surface area contributed by atoms with Crippen LogP contribution in [0.3, 0.4) is 0 Å². The van der Waals surface area contributed by atoms with Crippen LogP contribution in [0.2, 0.25) is 0 Å². The normalized spacial score (nSPS) is 10.1. The van der Waals surface area contributed by atoms with E-state index in [-0.39, 0.29) is 0 Å². The van der Waals surface area contributed by atoms with Crippen LogP contribution in [0.25, 0.3) is 10.8 Å². The first-order valence-corrected chi connectivity index (χ1v) is 4.73. The predicted molar refractivity (Wildman–Crippen MR) is 59.6 cm³/mol. The lowest BCUT2D eigenvalue weighted by Gasteiger charge is -2.06. The molecule has 80 valence electrons. The van der Waals surface area contributed by atoms with Gasteiger partial charge in [-0.1, -0.05) is 36.4 Å². The van der Waals surface area contributed by atoms with Gasteiger partial charge in [-0.3, -0.25) is 0 Å². The third kappa shape index (κ3) is 2.05. The molecule has 0 radical (unpaired) electrons. The van der Waals surface area contributed by atoms with Crippen molar-refractivity contribution in [2.75, 3.05) is 0 Å². The molecule has 2 rings (SSSR count). The topological polar surface area (TPSA) is 66.8 Å². The molecule has 0 aliphatic carbocycles. The van der Waals surface area contributed by atoms with Crippen LogP contribution in [0, 0.1) is 0 Å². The van der Waals surface area contributed by atoms with Crippen LogP contribution in [0.5, 0.6) is 0 Å². The Bertz CT molecular complexity index is 519. The molecule has 16 heavy (non-hydrogen) atoms. The molecule has 0 heterocycles. The molecule has 0 unspecified atom stereocenters. The van der Waals surface area contributed by atoms with Crippen molar-refractivity contribution in [3.8, 4) is 0 Å². The summed E-state index contributed by atoms with van der Waals surface area (Å²) in [6.45, 7) is 0. The van der Waals surface area contributed by atoms with Crippen molar-refractivity contribution in [1.29, 1.82) is 0 Å². The molecule has 2 N–H and O–H groups in total. The molecule has 0 saturated heterocycles. The van der Waals surface area contributed by atoms with Crippen molar-refractivity contribution < 1.29 is 19.5 Å². The molecule has 2 aromatic rings. The number of hydrogen-bond acceptors (Lipinski definition) is 4. The predicted octanol–water partition coefficient (Wildman–Crippen LogP) is 0.966. The van der Waals surface area contributed by atoms with Gasteiger partial charge in [0.2, 0.25) is 0 Å². The Labute approximate surface area is 92.3 Å². The zero-order valence-corrected chi connectivity index (χ0v) is 8.33. The second kappa shape index (κ2) is 4.34. The maximum Gasteiger partial charge on any atom is 0.709 e. The Hall–Kier alpha value is -1.85. The van der Waals surface area contributed by atoms with E-state index in [0.717, 1.165) is 10.8 Å². The molecule has 0 saturated carbocycles. The van der Waals surface area contributed by atoms with Crippen molar-refractivity contribution in [1.82, 2.24) is 0 Å². The summed E-state index contributed by atoms with van der Waals surface area (Å²) in [6.07, 6.45) is 0. The van der Waals surface area contributed by atoms with Gasteiger partial charge in [0.05, 0.1) is 5.56 Å². The summed E-state index contributed by atoms with van der Waals surface area (Å²) in [5.41, 5.74) is 0.311. The molecule has 0 spiro atoms. The van der Waals surface area contributed by atoms with Crippen LogP contribution in [0.4, 0.5) is 0 Å².